The van der Waals surface area contributed by atoms with E-state index < -0.39 is 0 Å². The normalized spacial score (nSPS) is 11.7. The maximum atomic E-state index is 12.5. The first-order valence-electron chi connectivity index (χ1n) is 9.58. The number of rotatable bonds is 8. The molecule has 0 aliphatic heterocycles. The molecule has 0 saturated carbocycles. The van der Waals surface area contributed by atoms with Gasteiger partial charge in [0.25, 0.3) is 5.91 Å². The SMILES string of the molecule is CCNC(=O)c1cccc(NC(=O)CN[C@@H](c2ccc(C)cc2)c2cccs2)c1. The Hall–Kier alpha value is -2.96. The van der Waals surface area contributed by atoms with Crippen molar-refractivity contribution in [1.82, 2.24) is 10.6 Å². The number of anilines is 1. The van der Waals surface area contributed by atoms with Crippen molar-refractivity contribution in [3.8, 4) is 0 Å². The van der Waals surface area contributed by atoms with Gasteiger partial charge in [-0.3, -0.25) is 14.9 Å². The third-order valence-corrected chi connectivity index (χ3v) is 5.39. The van der Waals surface area contributed by atoms with Crippen LogP contribution in [0, 0.1) is 6.92 Å². The summed E-state index contributed by atoms with van der Waals surface area (Å²) in [5.74, 6) is -0.314. The van der Waals surface area contributed by atoms with Crippen molar-refractivity contribution < 1.29 is 9.59 Å². The van der Waals surface area contributed by atoms with Crippen molar-refractivity contribution in [2.24, 2.45) is 0 Å². The smallest absolute Gasteiger partial charge is 0.251 e. The predicted octanol–water partition coefficient (Wildman–Crippen LogP) is 4.12. The Morgan fingerprint density at radius 3 is 2.52 bits per heavy atom. The second-order valence-corrected chi connectivity index (χ2v) is 7.71. The van der Waals surface area contributed by atoms with E-state index in [4.69, 9.17) is 0 Å². The number of benzene rings is 2. The van der Waals surface area contributed by atoms with Crippen LogP contribution < -0.4 is 16.0 Å². The van der Waals surface area contributed by atoms with Crippen molar-refractivity contribution in [1.29, 1.82) is 0 Å². The Labute approximate surface area is 175 Å². The Morgan fingerprint density at radius 1 is 1.03 bits per heavy atom. The molecule has 0 saturated heterocycles. The summed E-state index contributed by atoms with van der Waals surface area (Å²) in [6.07, 6.45) is 0. The zero-order valence-electron chi connectivity index (χ0n) is 16.6. The molecule has 0 unspecified atom stereocenters. The lowest BCUT2D eigenvalue weighted by atomic mass is 10.0. The first kappa shape index (κ1) is 20.8. The summed E-state index contributed by atoms with van der Waals surface area (Å²) in [5.41, 5.74) is 3.43. The van der Waals surface area contributed by atoms with Gasteiger partial charge in [-0.2, -0.15) is 0 Å². The fraction of sp³-hybridized carbons (Fsp3) is 0.217. The number of carbonyl (C=O) groups excluding carboxylic acids is 2. The highest BCUT2D eigenvalue weighted by Crippen LogP contribution is 2.26. The summed E-state index contributed by atoms with van der Waals surface area (Å²) < 4.78 is 0. The molecule has 0 aliphatic carbocycles. The molecule has 0 bridgehead atoms. The first-order valence-corrected chi connectivity index (χ1v) is 10.5. The van der Waals surface area contributed by atoms with Crippen LogP contribution in [0.3, 0.4) is 0 Å². The molecule has 0 fully saturated rings. The molecular weight excluding hydrogens is 382 g/mol. The standard InChI is InChI=1S/C23H25N3O2S/c1-3-24-23(28)18-6-4-7-19(14-18)26-21(27)15-25-22(20-8-5-13-29-20)17-11-9-16(2)10-12-17/h4-14,22,25H,3,15H2,1-2H3,(H,24,28)(H,26,27)/t22-/m0/s1. The van der Waals surface area contributed by atoms with E-state index in [0.717, 1.165) is 10.4 Å². The van der Waals surface area contributed by atoms with E-state index >= 15 is 0 Å². The van der Waals surface area contributed by atoms with Gasteiger partial charge >= 0.3 is 0 Å². The predicted molar refractivity (Wildman–Crippen MR) is 118 cm³/mol. The number of hydrogen-bond donors (Lipinski definition) is 3. The van der Waals surface area contributed by atoms with Crippen LogP contribution in [0.15, 0.2) is 66.0 Å². The van der Waals surface area contributed by atoms with Gasteiger partial charge in [-0.1, -0.05) is 42.0 Å². The number of hydrogen-bond acceptors (Lipinski definition) is 4. The Kier molecular flexibility index (Phi) is 7.16. The van der Waals surface area contributed by atoms with Gasteiger partial charge < -0.3 is 10.6 Å². The van der Waals surface area contributed by atoms with Gasteiger partial charge in [-0.25, -0.2) is 0 Å². The van der Waals surface area contributed by atoms with Crippen LogP contribution in [-0.4, -0.2) is 24.9 Å². The highest BCUT2D eigenvalue weighted by Gasteiger charge is 2.16. The maximum Gasteiger partial charge on any atom is 0.251 e. The highest BCUT2D eigenvalue weighted by atomic mass is 32.1. The lowest BCUT2D eigenvalue weighted by Crippen LogP contribution is -2.31. The lowest BCUT2D eigenvalue weighted by molar-refractivity contribution is -0.115. The first-order chi connectivity index (χ1) is 14.1. The molecule has 29 heavy (non-hydrogen) atoms. The molecular formula is C23H25N3O2S. The average molecular weight is 408 g/mol. The highest BCUT2D eigenvalue weighted by molar-refractivity contribution is 7.10. The quantitative estimate of drug-likeness (QED) is 0.526. The minimum Gasteiger partial charge on any atom is -0.352 e. The van der Waals surface area contributed by atoms with Gasteiger partial charge in [0, 0.05) is 22.7 Å². The summed E-state index contributed by atoms with van der Waals surface area (Å²) in [7, 11) is 0. The van der Waals surface area contributed by atoms with Gasteiger partial charge in [-0.15, -0.1) is 11.3 Å². The molecule has 1 atom stereocenters. The van der Waals surface area contributed by atoms with E-state index in [1.807, 2.05) is 18.4 Å². The zero-order chi connectivity index (χ0) is 20.6. The van der Waals surface area contributed by atoms with E-state index in [0.29, 0.717) is 17.8 Å². The van der Waals surface area contributed by atoms with Crippen molar-refractivity contribution >= 4 is 28.8 Å². The molecule has 3 rings (SSSR count). The molecule has 0 aliphatic rings. The monoisotopic (exact) mass is 407 g/mol. The molecule has 3 aromatic rings. The van der Waals surface area contributed by atoms with Crippen molar-refractivity contribution in [2.75, 3.05) is 18.4 Å². The van der Waals surface area contributed by atoms with Crippen molar-refractivity contribution in [3.05, 3.63) is 87.6 Å². The van der Waals surface area contributed by atoms with Crippen LogP contribution in [-0.2, 0) is 4.79 Å². The number of nitrogens with one attached hydrogen (secondary N) is 3. The van der Waals surface area contributed by atoms with E-state index in [1.54, 1.807) is 35.6 Å². The summed E-state index contributed by atoms with van der Waals surface area (Å²) in [6, 6.07) is 19.3. The number of amides is 2. The Balaban J connectivity index is 1.66. The maximum absolute atomic E-state index is 12.5. The second-order valence-electron chi connectivity index (χ2n) is 6.73. The van der Waals surface area contributed by atoms with E-state index in [9.17, 15) is 9.59 Å². The van der Waals surface area contributed by atoms with Crippen LogP contribution in [0.2, 0.25) is 0 Å². The average Bonchev–Trinajstić information content (AvgIpc) is 3.24. The minimum absolute atomic E-state index is 0.0528. The van der Waals surface area contributed by atoms with Crippen molar-refractivity contribution in [2.45, 2.75) is 19.9 Å². The summed E-state index contributed by atoms with van der Waals surface area (Å²) in [5, 5.41) is 11.0. The Morgan fingerprint density at radius 2 is 1.83 bits per heavy atom. The molecule has 5 nitrogen and oxygen atoms in total. The van der Waals surface area contributed by atoms with E-state index in [1.165, 1.54) is 5.56 Å². The lowest BCUT2D eigenvalue weighted by Gasteiger charge is -2.18. The van der Waals surface area contributed by atoms with Crippen LogP contribution in [0.25, 0.3) is 0 Å². The van der Waals surface area contributed by atoms with Crippen LogP contribution in [0.1, 0.15) is 39.3 Å². The topological polar surface area (TPSA) is 70.2 Å². The molecule has 1 aromatic heterocycles. The molecule has 150 valence electrons. The minimum atomic E-state index is -0.160. The molecule has 2 aromatic carbocycles. The van der Waals surface area contributed by atoms with Gasteiger partial charge in [0.1, 0.15) is 0 Å². The van der Waals surface area contributed by atoms with Crippen molar-refractivity contribution in [3.63, 3.8) is 0 Å². The van der Waals surface area contributed by atoms with Gasteiger partial charge in [-0.05, 0) is 49.1 Å². The summed E-state index contributed by atoms with van der Waals surface area (Å²) in [6.45, 7) is 4.64. The second kappa shape index (κ2) is 10.0. The summed E-state index contributed by atoms with van der Waals surface area (Å²) in [4.78, 5) is 25.6. The van der Waals surface area contributed by atoms with Crippen LogP contribution in [0.5, 0.6) is 0 Å². The molecule has 6 heteroatoms. The summed E-state index contributed by atoms with van der Waals surface area (Å²) >= 11 is 1.66. The fourth-order valence-corrected chi connectivity index (χ4v) is 3.82. The largest absolute Gasteiger partial charge is 0.352 e. The van der Waals surface area contributed by atoms with Crippen LogP contribution >= 0.6 is 11.3 Å². The molecule has 2 amide bonds. The Bertz CT molecular complexity index is 953. The van der Waals surface area contributed by atoms with Gasteiger partial charge in [0.15, 0.2) is 0 Å². The van der Waals surface area contributed by atoms with E-state index in [2.05, 4.69) is 53.2 Å². The van der Waals surface area contributed by atoms with Gasteiger partial charge in [0.2, 0.25) is 5.91 Å². The van der Waals surface area contributed by atoms with Gasteiger partial charge in [0.05, 0.1) is 12.6 Å². The molecule has 0 spiro atoms. The zero-order valence-corrected chi connectivity index (χ0v) is 17.4. The number of thiophene rings is 1. The van der Waals surface area contributed by atoms with Crippen LogP contribution in [0.4, 0.5) is 5.69 Å². The number of carbonyl (C=O) groups is 2. The molecule has 1 heterocycles. The fourth-order valence-electron chi connectivity index (χ4n) is 3.00. The molecule has 3 N–H and O–H groups in total. The molecule has 0 radical (unpaired) electrons. The third-order valence-electron chi connectivity index (χ3n) is 4.45. The third kappa shape index (κ3) is 5.76. The van der Waals surface area contributed by atoms with E-state index in [-0.39, 0.29) is 24.4 Å². The number of aryl methyl sites for hydroxylation is 1.